The van der Waals surface area contributed by atoms with Crippen LogP contribution in [0, 0.1) is 0 Å². The van der Waals surface area contributed by atoms with E-state index in [1.54, 1.807) is 48.5 Å². The molecule has 1 N–H and O–H groups in total. The van der Waals surface area contributed by atoms with Gasteiger partial charge in [0.15, 0.2) is 0 Å². The lowest BCUT2D eigenvalue weighted by Crippen LogP contribution is -2.48. The normalized spacial score (nSPS) is 13.6. The molecule has 0 aliphatic carbocycles. The summed E-state index contributed by atoms with van der Waals surface area (Å²) in [4.78, 5) is 25.2. The average Bonchev–Trinajstić information content (AvgIpc) is 2.11. The molecule has 0 saturated carbocycles. The summed E-state index contributed by atoms with van der Waals surface area (Å²) in [6.45, 7) is 11.8. The molecule has 6 nitrogen and oxygen atoms in total. The van der Waals surface area contributed by atoms with Crippen LogP contribution in [0.3, 0.4) is 0 Å². The lowest BCUT2D eigenvalue weighted by Gasteiger charge is -2.31. The van der Waals surface area contributed by atoms with Gasteiger partial charge in [0.2, 0.25) is 0 Å². The minimum atomic E-state index is -0.771. The quantitative estimate of drug-likeness (QED) is 0.864. The average molecular weight is 289 g/mol. The van der Waals surface area contributed by atoms with Gasteiger partial charge in [0.05, 0.1) is 0 Å². The predicted octanol–water partition coefficient (Wildman–Crippen LogP) is 2.93. The number of hydrogen-bond donors (Lipinski definition) is 1. The standard InChI is InChI=1S/C14H27NO5/c1-10(8-9-16)15(11(17)19-13(2,3)4)12(18)20-14(5,6)7/h10,16H,8-9H2,1-7H3/t10-/m1/s1. The van der Waals surface area contributed by atoms with Crippen molar-refractivity contribution in [3.05, 3.63) is 0 Å². The number of nitrogens with zero attached hydrogens (tertiary/aromatic N) is 1. The number of aliphatic hydroxyl groups is 1. The predicted molar refractivity (Wildman–Crippen MR) is 75.5 cm³/mol. The molecule has 0 bridgehead atoms. The lowest BCUT2D eigenvalue weighted by molar-refractivity contribution is -0.00746. The van der Waals surface area contributed by atoms with Crippen LogP contribution in [0.4, 0.5) is 9.59 Å². The maximum absolute atomic E-state index is 12.1. The number of rotatable bonds is 3. The Morgan fingerprint density at radius 3 is 1.60 bits per heavy atom. The van der Waals surface area contributed by atoms with Crippen LogP contribution in [0.15, 0.2) is 0 Å². The second kappa shape index (κ2) is 6.92. The summed E-state index contributed by atoms with van der Waals surface area (Å²) >= 11 is 0. The Labute approximate surface area is 121 Å². The summed E-state index contributed by atoms with van der Waals surface area (Å²) in [5.74, 6) is 0. The fourth-order valence-electron chi connectivity index (χ4n) is 1.37. The van der Waals surface area contributed by atoms with Crippen molar-refractivity contribution in [3.63, 3.8) is 0 Å². The van der Waals surface area contributed by atoms with Crippen LogP contribution in [-0.4, -0.2) is 46.0 Å². The van der Waals surface area contributed by atoms with Crippen molar-refractivity contribution < 1.29 is 24.2 Å². The van der Waals surface area contributed by atoms with E-state index in [2.05, 4.69) is 0 Å². The van der Waals surface area contributed by atoms with Crippen molar-refractivity contribution in [2.45, 2.75) is 72.1 Å². The molecule has 0 aliphatic rings. The molecule has 0 heterocycles. The van der Waals surface area contributed by atoms with Gasteiger partial charge in [-0.05, 0) is 54.9 Å². The van der Waals surface area contributed by atoms with Gasteiger partial charge in [-0.2, -0.15) is 0 Å². The van der Waals surface area contributed by atoms with Gasteiger partial charge in [0.1, 0.15) is 11.2 Å². The zero-order valence-electron chi connectivity index (χ0n) is 13.5. The first-order valence-corrected chi connectivity index (χ1v) is 6.73. The van der Waals surface area contributed by atoms with E-state index in [1.165, 1.54) is 0 Å². The second-order valence-electron chi connectivity index (χ2n) is 6.69. The van der Waals surface area contributed by atoms with Gasteiger partial charge in [-0.3, -0.25) is 0 Å². The first-order valence-electron chi connectivity index (χ1n) is 6.73. The molecule has 0 unspecified atom stereocenters. The molecule has 0 aliphatic heterocycles. The highest BCUT2D eigenvalue weighted by molar-refractivity contribution is 5.88. The molecule has 20 heavy (non-hydrogen) atoms. The first-order chi connectivity index (χ1) is 8.87. The second-order valence-corrected chi connectivity index (χ2v) is 6.69. The molecule has 0 aromatic heterocycles. The van der Waals surface area contributed by atoms with E-state index in [9.17, 15) is 9.59 Å². The minimum absolute atomic E-state index is 0.136. The molecular formula is C14H27NO5. The molecule has 2 amide bonds. The van der Waals surface area contributed by atoms with E-state index in [1.807, 2.05) is 0 Å². The summed E-state index contributed by atoms with van der Waals surface area (Å²) in [5.41, 5.74) is -1.42. The van der Waals surface area contributed by atoms with Crippen molar-refractivity contribution in [1.82, 2.24) is 4.90 Å². The van der Waals surface area contributed by atoms with Gasteiger partial charge in [-0.15, -0.1) is 0 Å². The SMILES string of the molecule is C[C@H](CCO)N(C(=O)OC(C)(C)C)C(=O)OC(C)(C)C. The largest absolute Gasteiger partial charge is 0.443 e. The van der Waals surface area contributed by atoms with Gasteiger partial charge in [0, 0.05) is 12.6 Å². The zero-order chi connectivity index (χ0) is 16.1. The van der Waals surface area contributed by atoms with E-state index >= 15 is 0 Å². The van der Waals surface area contributed by atoms with E-state index < -0.39 is 29.4 Å². The Balaban J connectivity index is 5.08. The third-order valence-corrected chi connectivity index (χ3v) is 2.17. The van der Waals surface area contributed by atoms with Gasteiger partial charge in [0.25, 0.3) is 0 Å². The van der Waals surface area contributed by atoms with Gasteiger partial charge in [-0.25, -0.2) is 14.5 Å². The van der Waals surface area contributed by atoms with Crippen molar-refractivity contribution in [1.29, 1.82) is 0 Å². The Hall–Kier alpha value is -1.30. The molecule has 0 aromatic carbocycles. The van der Waals surface area contributed by atoms with Crippen LogP contribution in [0.2, 0.25) is 0 Å². The monoisotopic (exact) mass is 289 g/mol. The van der Waals surface area contributed by atoms with Gasteiger partial charge < -0.3 is 14.6 Å². The summed E-state index contributed by atoms with van der Waals surface area (Å²) < 4.78 is 10.4. The summed E-state index contributed by atoms with van der Waals surface area (Å²) in [6, 6.07) is -0.510. The zero-order valence-corrected chi connectivity index (χ0v) is 13.5. The molecule has 6 heteroatoms. The summed E-state index contributed by atoms with van der Waals surface area (Å²) in [7, 11) is 0. The van der Waals surface area contributed by atoms with Crippen LogP contribution in [0.5, 0.6) is 0 Å². The number of carbonyl (C=O) groups excluding carboxylic acids is 2. The maximum Gasteiger partial charge on any atom is 0.420 e. The van der Waals surface area contributed by atoms with Crippen molar-refractivity contribution >= 4 is 12.2 Å². The Kier molecular flexibility index (Phi) is 6.47. The molecule has 0 rings (SSSR count). The van der Waals surface area contributed by atoms with Crippen molar-refractivity contribution in [3.8, 4) is 0 Å². The molecule has 1 atom stereocenters. The number of aliphatic hydroxyl groups excluding tert-OH is 1. The molecule has 0 aromatic rings. The molecule has 0 fully saturated rings. The van der Waals surface area contributed by atoms with E-state index in [0.717, 1.165) is 4.90 Å². The van der Waals surface area contributed by atoms with E-state index in [0.29, 0.717) is 0 Å². The summed E-state index contributed by atoms with van der Waals surface area (Å²) in [6.07, 6.45) is -1.28. The third-order valence-electron chi connectivity index (χ3n) is 2.17. The Morgan fingerprint density at radius 2 is 1.35 bits per heavy atom. The highest BCUT2D eigenvalue weighted by Gasteiger charge is 2.34. The molecule has 0 spiro atoms. The van der Waals surface area contributed by atoms with Gasteiger partial charge in [-0.1, -0.05) is 0 Å². The smallest absolute Gasteiger partial charge is 0.420 e. The number of carbonyl (C=O) groups is 2. The van der Waals surface area contributed by atoms with Crippen LogP contribution in [0.25, 0.3) is 0 Å². The Morgan fingerprint density at radius 1 is 1.00 bits per heavy atom. The minimum Gasteiger partial charge on any atom is -0.443 e. The van der Waals surface area contributed by atoms with Gasteiger partial charge >= 0.3 is 12.2 Å². The van der Waals surface area contributed by atoms with Crippen molar-refractivity contribution in [2.75, 3.05) is 6.61 Å². The topological polar surface area (TPSA) is 76.1 Å². The molecule has 0 saturated heterocycles. The fourth-order valence-corrected chi connectivity index (χ4v) is 1.37. The van der Waals surface area contributed by atoms with Crippen molar-refractivity contribution in [2.24, 2.45) is 0 Å². The third kappa shape index (κ3) is 7.33. The van der Waals surface area contributed by atoms with Crippen LogP contribution in [0.1, 0.15) is 54.9 Å². The number of ether oxygens (including phenoxy) is 2. The lowest BCUT2D eigenvalue weighted by atomic mass is 10.2. The molecule has 118 valence electrons. The molecule has 0 radical (unpaired) electrons. The van der Waals surface area contributed by atoms with Crippen LogP contribution in [-0.2, 0) is 9.47 Å². The highest BCUT2D eigenvalue weighted by atomic mass is 16.6. The highest BCUT2D eigenvalue weighted by Crippen LogP contribution is 2.17. The number of imide groups is 1. The first kappa shape index (κ1) is 18.7. The fraction of sp³-hybridized carbons (Fsp3) is 0.857. The maximum atomic E-state index is 12.1. The van der Waals surface area contributed by atoms with E-state index in [4.69, 9.17) is 14.6 Å². The van der Waals surface area contributed by atoms with E-state index in [-0.39, 0.29) is 13.0 Å². The number of hydrogen-bond acceptors (Lipinski definition) is 5. The number of amides is 2. The summed E-state index contributed by atoms with van der Waals surface area (Å²) in [5, 5.41) is 8.98. The Bertz CT molecular complexity index is 312. The van der Waals surface area contributed by atoms with Crippen LogP contribution < -0.4 is 0 Å². The van der Waals surface area contributed by atoms with Crippen LogP contribution >= 0.6 is 0 Å². The molecular weight excluding hydrogens is 262 g/mol.